The summed E-state index contributed by atoms with van der Waals surface area (Å²) in [5, 5.41) is 0. The van der Waals surface area contributed by atoms with Crippen LogP contribution in [0.4, 0.5) is 0 Å². The van der Waals surface area contributed by atoms with Gasteiger partial charge in [-0.1, -0.05) is 12.1 Å². The molecule has 0 N–H and O–H groups in total. The minimum Gasteiger partial charge on any atom is -0.423 e. The molecule has 14 heavy (non-hydrogen) atoms. The highest BCUT2D eigenvalue weighted by molar-refractivity contribution is 7.45. The highest BCUT2D eigenvalue weighted by Crippen LogP contribution is 2.54. The molecule has 2 aliphatic heterocycles. The summed E-state index contributed by atoms with van der Waals surface area (Å²) in [5.74, 6) is 1.79. The molecule has 3 nitrogen and oxygen atoms in total. The van der Waals surface area contributed by atoms with Crippen LogP contribution in [0.25, 0.3) is 0 Å². The highest BCUT2D eigenvalue weighted by atomic mass is 31.2. The van der Waals surface area contributed by atoms with E-state index >= 15 is 0 Å². The first-order valence-electron chi connectivity index (χ1n) is 4.93. The van der Waals surface area contributed by atoms with Crippen LogP contribution in [-0.4, -0.2) is 17.8 Å². The number of para-hydroxylation sites is 2. The fraction of sp³-hybridized carbons (Fsp3) is 0.400. The van der Waals surface area contributed by atoms with Gasteiger partial charge < -0.3 is 9.05 Å². The summed E-state index contributed by atoms with van der Waals surface area (Å²) in [6.07, 6.45) is 2.53. The Bertz CT molecular complexity index is 314. The summed E-state index contributed by atoms with van der Waals surface area (Å²) in [6, 6.07) is 7.89. The van der Waals surface area contributed by atoms with Crippen LogP contribution in [0, 0.1) is 0 Å². The Morgan fingerprint density at radius 2 is 1.57 bits per heavy atom. The molecule has 0 atom stereocenters. The molecular formula is C10H12NO2P. The molecule has 0 unspecified atom stereocenters. The quantitative estimate of drug-likeness (QED) is 0.664. The molecule has 1 aromatic rings. The van der Waals surface area contributed by atoms with Gasteiger partial charge in [-0.05, 0) is 25.0 Å². The first kappa shape index (κ1) is 8.51. The first-order chi connectivity index (χ1) is 6.93. The van der Waals surface area contributed by atoms with E-state index in [0.717, 1.165) is 24.6 Å². The van der Waals surface area contributed by atoms with Gasteiger partial charge in [0.05, 0.1) is 0 Å². The van der Waals surface area contributed by atoms with Crippen molar-refractivity contribution in [1.82, 2.24) is 4.67 Å². The van der Waals surface area contributed by atoms with E-state index in [1.54, 1.807) is 0 Å². The van der Waals surface area contributed by atoms with Crippen molar-refractivity contribution in [3.8, 4) is 11.5 Å². The predicted octanol–water partition coefficient (Wildman–Crippen LogP) is 2.78. The van der Waals surface area contributed by atoms with E-state index in [2.05, 4.69) is 4.67 Å². The fourth-order valence-corrected chi connectivity index (χ4v) is 3.28. The van der Waals surface area contributed by atoms with Crippen molar-refractivity contribution in [3.05, 3.63) is 24.3 Å². The summed E-state index contributed by atoms with van der Waals surface area (Å²) >= 11 is 0. The van der Waals surface area contributed by atoms with Gasteiger partial charge in [-0.3, -0.25) is 0 Å². The summed E-state index contributed by atoms with van der Waals surface area (Å²) in [5.41, 5.74) is 0. The van der Waals surface area contributed by atoms with Crippen molar-refractivity contribution < 1.29 is 9.05 Å². The third-order valence-corrected chi connectivity index (χ3v) is 4.08. The predicted molar refractivity (Wildman–Crippen MR) is 55.4 cm³/mol. The van der Waals surface area contributed by atoms with Crippen molar-refractivity contribution in [2.24, 2.45) is 0 Å². The molecule has 74 valence electrons. The molecule has 1 saturated heterocycles. The lowest BCUT2D eigenvalue weighted by Gasteiger charge is -2.17. The summed E-state index contributed by atoms with van der Waals surface area (Å²) in [4.78, 5) is 0. The van der Waals surface area contributed by atoms with Gasteiger partial charge in [-0.25, -0.2) is 4.67 Å². The van der Waals surface area contributed by atoms with E-state index in [1.165, 1.54) is 12.8 Å². The van der Waals surface area contributed by atoms with Gasteiger partial charge in [-0.2, -0.15) is 0 Å². The van der Waals surface area contributed by atoms with E-state index in [4.69, 9.17) is 9.05 Å². The number of benzene rings is 1. The highest BCUT2D eigenvalue weighted by Gasteiger charge is 2.33. The van der Waals surface area contributed by atoms with Gasteiger partial charge in [-0.15, -0.1) is 0 Å². The van der Waals surface area contributed by atoms with Crippen LogP contribution in [0.5, 0.6) is 11.5 Å². The molecule has 0 radical (unpaired) electrons. The molecule has 0 spiro atoms. The fourth-order valence-electron chi connectivity index (χ4n) is 1.77. The lowest BCUT2D eigenvalue weighted by atomic mass is 10.3. The maximum absolute atomic E-state index is 5.76. The van der Waals surface area contributed by atoms with Crippen molar-refractivity contribution in [3.63, 3.8) is 0 Å². The second kappa shape index (κ2) is 3.41. The van der Waals surface area contributed by atoms with Gasteiger partial charge in [0.15, 0.2) is 11.5 Å². The Morgan fingerprint density at radius 1 is 1.00 bits per heavy atom. The summed E-state index contributed by atoms with van der Waals surface area (Å²) in [6.45, 7) is 2.22. The summed E-state index contributed by atoms with van der Waals surface area (Å²) < 4.78 is 13.8. The molecule has 0 aromatic heterocycles. The normalized spacial score (nSPS) is 21.7. The smallest absolute Gasteiger partial charge is 0.384 e. The van der Waals surface area contributed by atoms with Crippen molar-refractivity contribution in [1.29, 1.82) is 0 Å². The van der Waals surface area contributed by atoms with Crippen molar-refractivity contribution in [2.75, 3.05) is 13.1 Å². The van der Waals surface area contributed by atoms with Gasteiger partial charge in [0, 0.05) is 13.1 Å². The number of nitrogens with zero attached hydrogens (tertiary/aromatic N) is 1. The minimum absolute atomic E-state index is 0.840. The van der Waals surface area contributed by atoms with Crippen LogP contribution >= 0.6 is 8.53 Å². The van der Waals surface area contributed by atoms with Crippen molar-refractivity contribution in [2.45, 2.75) is 12.8 Å². The molecular weight excluding hydrogens is 197 g/mol. The lowest BCUT2D eigenvalue weighted by Crippen LogP contribution is -2.15. The molecule has 1 aromatic carbocycles. The van der Waals surface area contributed by atoms with E-state index in [9.17, 15) is 0 Å². The Morgan fingerprint density at radius 3 is 2.14 bits per heavy atom. The average Bonchev–Trinajstić information content (AvgIpc) is 2.86. The molecule has 0 amide bonds. The van der Waals surface area contributed by atoms with E-state index in [1.807, 2.05) is 24.3 Å². The second-order valence-electron chi connectivity index (χ2n) is 3.53. The molecule has 2 aliphatic rings. The van der Waals surface area contributed by atoms with Crippen LogP contribution in [0.3, 0.4) is 0 Å². The topological polar surface area (TPSA) is 21.7 Å². The van der Waals surface area contributed by atoms with Gasteiger partial charge >= 0.3 is 8.53 Å². The minimum atomic E-state index is -0.840. The Balaban J connectivity index is 1.77. The van der Waals surface area contributed by atoms with Crippen molar-refractivity contribution >= 4 is 8.53 Å². The Labute approximate surface area is 84.6 Å². The van der Waals surface area contributed by atoms with Crippen LogP contribution < -0.4 is 9.05 Å². The Kier molecular flexibility index (Phi) is 2.07. The third kappa shape index (κ3) is 1.37. The van der Waals surface area contributed by atoms with Crippen LogP contribution in [0.1, 0.15) is 12.8 Å². The number of hydrogen-bond acceptors (Lipinski definition) is 3. The molecule has 4 heteroatoms. The van der Waals surface area contributed by atoms with Gasteiger partial charge in [0.25, 0.3) is 0 Å². The van der Waals surface area contributed by atoms with Gasteiger partial charge in [0.1, 0.15) is 0 Å². The molecule has 2 heterocycles. The largest absolute Gasteiger partial charge is 0.423 e. The monoisotopic (exact) mass is 209 g/mol. The maximum atomic E-state index is 5.76. The zero-order chi connectivity index (χ0) is 9.38. The molecule has 3 rings (SSSR count). The van der Waals surface area contributed by atoms with Crippen LogP contribution in [-0.2, 0) is 0 Å². The third-order valence-electron chi connectivity index (χ3n) is 2.52. The van der Waals surface area contributed by atoms with E-state index in [-0.39, 0.29) is 0 Å². The maximum Gasteiger partial charge on any atom is 0.384 e. The molecule has 0 aliphatic carbocycles. The lowest BCUT2D eigenvalue weighted by molar-refractivity contribution is 0.434. The first-order valence-corrected chi connectivity index (χ1v) is 6.06. The van der Waals surface area contributed by atoms with Crippen LogP contribution in [0.15, 0.2) is 24.3 Å². The SMILES string of the molecule is c1ccc2c(c1)OP(N1CCCC1)O2. The Hall–Kier alpha value is -0.790. The number of hydrogen-bond donors (Lipinski definition) is 0. The van der Waals surface area contributed by atoms with Gasteiger partial charge in [0.2, 0.25) is 0 Å². The number of rotatable bonds is 1. The zero-order valence-corrected chi connectivity index (χ0v) is 8.74. The molecule has 0 bridgehead atoms. The zero-order valence-electron chi connectivity index (χ0n) is 7.85. The molecule has 1 fully saturated rings. The van der Waals surface area contributed by atoms with E-state index in [0.29, 0.717) is 0 Å². The standard InChI is InChI=1S/C10H12NO2P/c1-2-6-10-9(5-1)12-14(13-10)11-7-3-4-8-11/h1-2,5-6H,3-4,7-8H2. The van der Waals surface area contributed by atoms with E-state index < -0.39 is 8.53 Å². The molecule has 0 saturated carbocycles. The number of fused-ring (bicyclic) bond motifs is 1. The second-order valence-corrected chi connectivity index (χ2v) is 4.93. The summed E-state index contributed by atoms with van der Waals surface area (Å²) in [7, 11) is -0.840. The van der Waals surface area contributed by atoms with Crippen LogP contribution in [0.2, 0.25) is 0 Å². The average molecular weight is 209 g/mol.